The number of unbranched alkanes of at least 4 members (excludes halogenated alkanes) is 2. The zero-order chi connectivity index (χ0) is 38.2. The van der Waals surface area contributed by atoms with Crippen LogP contribution in [0.25, 0.3) is 43.8 Å². The number of hydrogen-bond donors (Lipinski definition) is 0. The van der Waals surface area contributed by atoms with E-state index in [0.29, 0.717) is 41.3 Å². The second-order valence-electron chi connectivity index (χ2n) is 12.3. The van der Waals surface area contributed by atoms with Crippen LogP contribution in [-0.4, -0.2) is 6.18 Å². The van der Waals surface area contributed by atoms with Crippen molar-refractivity contribution in [2.45, 2.75) is 44.9 Å². The van der Waals surface area contributed by atoms with E-state index < -0.39 is 80.4 Å². The van der Waals surface area contributed by atoms with Crippen molar-refractivity contribution in [2.24, 2.45) is 0 Å². The van der Waals surface area contributed by atoms with E-state index >= 15 is 22.0 Å². The standard InChI is InChI=1S/C41H25F11O/c1-2-3-4-5-22-6-7-24-15-25(9-8-23(24)14-22)26-10-11-30(32(42)17-26)27-18-35(45)38(36(46)19-27)41(51,52)53-29-16-28-20-33(43)31(12-13-40(48,49)50)39(47)37(28)34(44)21-29/h6-11,14-21H,2-5H2,1H3. The number of ether oxygens (including phenoxy) is 1. The molecule has 0 atom stereocenters. The number of benzene rings is 6. The Morgan fingerprint density at radius 1 is 0.585 bits per heavy atom. The van der Waals surface area contributed by atoms with E-state index in [2.05, 4.69) is 17.7 Å². The number of halogens is 11. The largest absolute Gasteiger partial charge is 0.458 e. The van der Waals surface area contributed by atoms with Crippen molar-refractivity contribution >= 4 is 21.5 Å². The summed E-state index contributed by atoms with van der Waals surface area (Å²) in [5.41, 5.74) is -1.77. The molecule has 0 bridgehead atoms. The van der Waals surface area contributed by atoms with E-state index in [1.54, 1.807) is 0 Å². The molecule has 6 rings (SSSR count). The molecule has 6 aromatic rings. The first-order chi connectivity index (χ1) is 25.0. The molecule has 1 nitrogen and oxygen atoms in total. The summed E-state index contributed by atoms with van der Waals surface area (Å²) in [4.78, 5) is 0. The fourth-order valence-corrected chi connectivity index (χ4v) is 6.04. The van der Waals surface area contributed by atoms with Crippen LogP contribution in [0.2, 0.25) is 0 Å². The van der Waals surface area contributed by atoms with Crippen molar-refractivity contribution in [1.82, 2.24) is 0 Å². The van der Waals surface area contributed by atoms with Crippen molar-refractivity contribution in [3.63, 3.8) is 0 Å². The molecule has 12 heteroatoms. The van der Waals surface area contributed by atoms with E-state index in [4.69, 9.17) is 0 Å². The Morgan fingerprint density at radius 2 is 1.23 bits per heavy atom. The third-order valence-corrected chi connectivity index (χ3v) is 8.55. The van der Waals surface area contributed by atoms with Gasteiger partial charge in [-0.3, -0.25) is 0 Å². The molecule has 53 heavy (non-hydrogen) atoms. The smallest absolute Gasteiger partial charge is 0.429 e. The SMILES string of the molecule is CCCCCc1ccc2cc(-c3ccc(-c4cc(F)c(C(F)(F)Oc5cc(F)c6c(F)c(C#CC(F)(F)F)c(F)cc6c5)c(F)c4)c(F)c3)ccc2c1. The van der Waals surface area contributed by atoms with Gasteiger partial charge in [0.2, 0.25) is 0 Å². The minimum atomic E-state index is -5.13. The quantitative estimate of drug-likeness (QED) is 0.0814. The third-order valence-electron chi connectivity index (χ3n) is 8.55. The molecule has 0 aromatic heterocycles. The molecule has 0 heterocycles. The summed E-state index contributed by atoms with van der Waals surface area (Å²) >= 11 is 0. The molecule has 0 amide bonds. The first-order valence-electron chi connectivity index (χ1n) is 16.1. The maximum absolute atomic E-state index is 15.4. The lowest BCUT2D eigenvalue weighted by Gasteiger charge is -2.20. The molecule has 0 saturated carbocycles. The van der Waals surface area contributed by atoms with E-state index in [-0.39, 0.29) is 11.6 Å². The summed E-state index contributed by atoms with van der Waals surface area (Å²) < 4.78 is 162. The molecule has 0 unspecified atom stereocenters. The molecule has 0 N–H and O–H groups in total. The lowest BCUT2D eigenvalue weighted by atomic mass is 9.96. The monoisotopic (exact) mass is 742 g/mol. The summed E-state index contributed by atoms with van der Waals surface area (Å²) in [6.45, 7) is 2.13. The molecule has 0 fully saturated rings. The van der Waals surface area contributed by atoms with Gasteiger partial charge in [0.25, 0.3) is 0 Å². The van der Waals surface area contributed by atoms with Crippen LogP contribution in [0.3, 0.4) is 0 Å². The normalized spacial score (nSPS) is 11.9. The zero-order valence-electron chi connectivity index (χ0n) is 27.5. The van der Waals surface area contributed by atoms with Gasteiger partial charge in [-0.05, 0) is 87.7 Å². The van der Waals surface area contributed by atoms with Gasteiger partial charge in [0, 0.05) is 17.6 Å². The third kappa shape index (κ3) is 7.94. The van der Waals surface area contributed by atoms with E-state index in [1.807, 2.05) is 30.3 Å². The van der Waals surface area contributed by atoms with Gasteiger partial charge in [-0.2, -0.15) is 22.0 Å². The summed E-state index contributed by atoms with van der Waals surface area (Å²) in [6.07, 6.45) is -5.70. The van der Waals surface area contributed by atoms with E-state index in [0.717, 1.165) is 42.5 Å². The molecule has 272 valence electrons. The number of fused-ring (bicyclic) bond motifs is 2. The molecular weight excluding hydrogens is 717 g/mol. The molecule has 0 saturated heterocycles. The minimum Gasteiger partial charge on any atom is -0.429 e. The molecule has 0 aliphatic heterocycles. The average Bonchev–Trinajstić information content (AvgIpc) is 3.06. The number of alkyl halides is 5. The highest BCUT2D eigenvalue weighted by atomic mass is 19.4. The predicted octanol–water partition coefficient (Wildman–Crippen LogP) is 12.9. The number of hydrogen-bond acceptors (Lipinski definition) is 1. The Balaban J connectivity index is 1.25. The van der Waals surface area contributed by atoms with Gasteiger partial charge in [0.15, 0.2) is 5.82 Å². The lowest BCUT2D eigenvalue weighted by Crippen LogP contribution is -2.25. The lowest BCUT2D eigenvalue weighted by molar-refractivity contribution is -0.189. The van der Waals surface area contributed by atoms with E-state index in [1.165, 1.54) is 23.6 Å². The number of aryl methyl sites for hydroxylation is 1. The Bertz CT molecular complexity index is 2420. The van der Waals surface area contributed by atoms with Crippen LogP contribution in [0.4, 0.5) is 48.3 Å². The van der Waals surface area contributed by atoms with Gasteiger partial charge < -0.3 is 4.74 Å². The van der Waals surface area contributed by atoms with Crippen LogP contribution in [0, 0.1) is 46.7 Å². The van der Waals surface area contributed by atoms with Crippen molar-refractivity contribution in [1.29, 1.82) is 0 Å². The Morgan fingerprint density at radius 3 is 1.91 bits per heavy atom. The highest BCUT2D eigenvalue weighted by molar-refractivity contribution is 5.89. The molecule has 0 radical (unpaired) electrons. The summed E-state index contributed by atoms with van der Waals surface area (Å²) in [5.74, 6) is -9.08. The zero-order valence-corrected chi connectivity index (χ0v) is 27.5. The Hall–Kier alpha value is -5.57. The minimum absolute atomic E-state index is 0.167. The van der Waals surface area contributed by atoms with Crippen molar-refractivity contribution in [3.05, 3.63) is 137 Å². The highest BCUT2D eigenvalue weighted by Crippen LogP contribution is 2.40. The van der Waals surface area contributed by atoms with Gasteiger partial charge in [-0.25, -0.2) is 26.3 Å². The average molecular weight is 743 g/mol. The fraction of sp³-hybridized carbons (Fsp3) is 0.171. The summed E-state index contributed by atoms with van der Waals surface area (Å²) in [5, 5.41) is 0.0565. The molecule has 0 spiro atoms. The maximum Gasteiger partial charge on any atom is 0.458 e. The second kappa shape index (κ2) is 14.5. The van der Waals surface area contributed by atoms with Crippen LogP contribution >= 0.6 is 0 Å². The Labute approximate surface area is 295 Å². The van der Waals surface area contributed by atoms with Gasteiger partial charge in [0.1, 0.15) is 40.4 Å². The van der Waals surface area contributed by atoms with Crippen LogP contribution in [0.5, 0.6) is 5.75 Å². The van der Waals surface area contributed by atoms with Gasteiger partial charge >= 0.3 is 12.3 Å². The van der Waals surface area contributed by atoms with Crippen molar-refractivity contribution in [3.8, 4) is 39.8 Å². The summed E-state index contributed by atoms with van der Waals surface area (Å²) in [7, 11) is 0. The predicted molar refractivity (Wildman–Crippen MR) is 179 cm³/mol. The van der Waals surface area contributed by atoms with Crippen LogP contribution in [0.15, 0.2) is 84.9 Å². The first kappa shape index (κ1) is 37.2. The van der Waals surface area contributed by atoms with Gasteiger partial charge in [-0.15, -0.1) is 0 Å². The van der Waals surface area contributed by atoms with E-state index in [9.17, 15) is 26.3 Å². The first-order valence-corrected chi connectivity index (χ1v) is 16.1. The fourth-order valence-electron chi connectivity index (χ4n) is 6.04. The summed E-state index contributed by atoms with van der Waals surface area (Å²) in [6, 6.07) is 17.5. The second-order valence-corrected chi connectivity index (χ2v) is 12.3. The Kier molecular flexibility index (Phi) is 10.1. The van der Waals surface area contributed by atoms with Crippen LogP contribution in [-0.2, 0) is 12.5 Å². The van der Waals surface area contributed by atoms with Crippen molar-refractivity contribution in [2.75, 3.05) is 0 Å². The van der Waals surface area contributed by atoms with Gasteiger partial charge in [-0.1, -0.05) is 68.2 Å². The van der Waals surface area contributed by atoms with Crippen molar-refractivity contribution < 1.29 is 53.0 Å². The molecule has 6 aromatic carbocycles. The maximum atomic E-state index is 15.4. The van der Waals surface area contributed by atoms with Crippen LogP contribution in [0.1, 0.15) is 42.9 Å². The topological polar surface area (TPSA) is 9.23 Å². The highest BCUT2D eigenvalue weighted by Gasteiger charge is 2.41. The molecule has 0 aliphatic rings. The number of rotatable bonds is 9. The van der Waals surface area contributed by atoms with Crippen LogP contribution < -0.4 is 4.74 Å². The van der Waals surface area contributed by atoms with Gasteiger partial charge in [0.05, 0.1) is 10.9 Å². The molecular formula is C41H25F11O. The molecule has 0 aliphatic carbocycles.